The standard InChI is InChI=1S/C10H12ClN/c1-6-5-9(11)7-3-2-4-8(7)10(6)12/h5H,2-4,12H2,1H3. The third-order valence-corrected chi connectivity index (χ3v) is 2.94. The molecule has 64 valence electrons. The zero-order valence-electron chi connectivity index (χ0n) is 7.15. The Morgan fingerprint density at radius 2 is 2.00 bits per heavy atom. The van der Waals surface area contributed by atoms with E-state index in [2.05, 4.69) is 0 Å². The molecule has 1 aliphatic carbocycles. The largest absolute Gasteiger partial charge is 0.398 e. The molecule has 2 N–H and O–H groups in total. The number of hydrogen-bond acceptors (Lipinski definition) is 1. The summed E-state index contributed by atoms with van der Waals surface area (Å²) >= 11 is 6.09. The van der Waals surface area contributed by atoms with Crippen LogP contribution in [0.4, 0.5) is 5.69 Å². The minimum absolute atomic E-state index is 0.897. The first-order valence-corrected chi connectivity index (χ1v) is 4.64. The van der Waals surface area contributed by atoms with Gasteiger partial charge in [-0.1, -0.05) is 11.6 Å². The van der Waals surface area contributed by atoms with Crippen molar-refractivity contribution in [2.45, 2.75) is 26.2 Å². The molecule has 0 atom stereocenters. The molecule has 12 heavy (non-hydrogen) atoms. The van der Waals surface area contributed by atoms with E-state index in [0.29, 0.717) is 0 Å². The molecule has 0 amide bonds. The predicted molar refractivity (Wildman–Crippen MR) is 52.6 cm³/mol. The molecule has 0 aliphatic heterocycles. The van der Waals surface area contributed by atoms with Crippen LogP contribution in [-0.4, -0.2) is 0 Å². The van der Waals surface area contributed by atoms with Gasteiger partial charge >= 0.3 is 0 Å². The van der Waals surface area contributed by atoms with Crippen LogP contribution in [0.3, 0.4) is 0 Å². The van der Waals surface area contributed by atoms with Crippen LogP contribution in [0.1, 0.15) is 23.1 Å². The summed E-state index contributed by atoms with van der Waals surface area (Å²) in [5.41, 5.74) is 10.6. The summed E-state index contributed by atoms with van der Waals surface area (Å²) in [5.74, 6) is 0. The van der Waals surface area contributed by atoms with Gasteiger partial charge < -0.3 is 5.73 Å². The maximum Gasteiger partial charge on any atom is 0.0444 e. The van der Waals surface area contributed by atoms with E-state index in [9.17, 15) is 0 Å². The van der Waals surface area contributed by atoms with E-state index in [1.54, 1.807) is 0 Å². The quantitative estimate of drug-likeness (QED) is 0.612. The summed E-state index contributed by atoms with van der Waals surface area (Å²) in [6, 6.07) is 1.97. The highest BCUT2D eigenvalue weighted by Crippen LogP contribution is 2.34. The third-order valence-electron chi connectivity index (χ3n) is 2.60. The second-order valence-corrected chi connectivity index (χ2v) is 3.81. The summed E-state index contributed by atoms with van der Waals surface area (Å²) in [6.45, 7) is 2.01. The molecule has 0 aromatic heterocycles. The molecular formula is C10H12ClN. The molecule has 0 unspecified atom stereocenters. The van der Waals surface area contributed by atoms with Crippen molar-refractivity contribution in [1.82, 2.24) is 0 Å². The highest BCUT2D eigenvalue weighted by atomic mass is 35.5. The fraction of sp³-hybridized carbons (Fsp3) is 0.400. The molecule has 0 radical (unpaired) electrons. The summed E-state index contributed by atoms with van der Waals surface area (Å²) < 4.78 is 0. The number of fused-ring (bicyclic) bond motifs is 1. The van der Waals surface area contributed by atoms with Crippen molar-refractivity contribution in [2.75, 3.05) is 5.73 Å². The van der Waals surface area contributed by atoms with Crippen molar-refractivity contribution in [3.63, 3.8) is 0 Å². The van der Waals surface area contributed by atoms with E-state index < -0.39 is 0 Å². The molecule has 2 rings (SSSR count). The Labute approximate surface area is 77.5 Å². The third kappa shape index (κ3) is 1.00. The van der Waals surface area contributed by atoms with Crippen LogP contribution in [-0.2, 0) is 12.8 Å². The van der Waals surface area contributed by atoms with Gasteiger partial charge in [-0.15, -0.1) is 0 Å². The molecule has 1 nitrogen and oxygen atoms in total. The lowest BCUT2D eigenvalue weighted by atomic mass is 10.0. The number of nitrogens with two attached hydrogens (primary N) is 1. The second-order valence-electron chi connectivity index (χ2n) is 3.40. The first-order valence-electron chi connectivity index (χ1n) is 4.26. The summed E-state index contributed by atoms with van der Waals surface area (Å²) in [5, 5.41) is 0.897. The van der Waals surface area contributed by atoms with Crippen molar-refractivity contribution in [2.24, 2.45) is 0 Å². The van der Waals surface area contributed by atoms with Gasteiger partial charge in [0, 0.05) is 10.7 Å². The van der Waals surface area contributed by atoms with E-state index in [4.69, 9.17) is 17.3 Å². The smallest absolute Gasteiger partial charge is 0.0444 e. The number of rotatable bonds is 0. The molecule has 1 aromatic carbocycles. The predicted octanol–water partition coefficient (Wildman–Crippen LogP) is 2.72. The highest BCUT2D eigenvalue weighted by molar-refractivity contribution is 6.31. The molecule has 0 bridgehead atoms. The minimum Gasteiger partial charge on any atom is -0.398 e. The molecule has 0 heterocycles. The number of aryl methyl sites for hydroxylation is 1. The van der Waals surface area contributed by atoms with Crippen LogP contribution >= 0.6 is 11.6 Å². The van der Waals surface area contributed by atoms with Crippen LogP contribution < -0.4 is 5.73 Å². The van der Waals surface area contributed by atoms with Crippen molar-refractivity contribution in [3.8, 4) is 0 Å². The van der Waals surface area contributed by atoms with Crippen molar-refractivity contribution in [1.29, 1.82) is 0 Å². The lowest BCUT2D eigenvalue weighted by Gasteiger charge is -2.08. The maximum atomic E-state index is 6.09. The highest BCUT2D eigenvalue weighted by Gasteiger charge is 2.17. The van der Waals surface area contributed by atoms with Crippen LogP contribution in [0, 0.1) is 6.92 Å². The Balaban J connectivity index is 2.69. The van der Waals surface area contributed by atoms with E-state index in [-0.39, 0.29) is 0 Å². The van der Waals surface area contributed by atoms with Gasteiger partial charge in [-0.3, -0.25) is 0 Å². The minimum atomic E-state index is 0.897. The van der Waals surface area contributed by atoms with Crippen LogP contribution in [0.15, 0.2) is 6.07 Å². The van der Waals surface area contributed by atoms with Crippen LogP contribution in [0.2, 0.25) is 5.02 Å². The van der Waals surface area contributed by atoms with Crippen LogP contribution in [0.5, 0.6) is 0 Å². The fourth-order valence-corrected chi connectivity index (χ4v) is 2.27. The van der Waals surface area contributed by atoms with E-state index >= 15 is 0 Å². The molecule has 0 spiro atoms. The molecule has 1 aliphatic rings. The second kappa shape index (κ2) is 2.67. The van der Waals surface area contributed by atoms with E-state index in [1.807, 2.05) is 13.0 Å². The van der Waals surface area contributed by atoms with E-state index in [0.717, 1.165) is 29.1 Å². The monoisotopic (exact) mass is 181 g/mol. The maximum absolute atomic E-state index is 6.09. The van der Waals surface area contributed by atoms with E-state index in [1.165, 1.54) is 17.5 Å². The average molecular weight is 182 g/mol. The normalized spacial score (nSPS) is 14.8. The van der Waals surface area contributed by atoms with Gasteiger partial charge in [0.05, 0.1) is 0 Å². The summed E-state index contributed by atoms with van der Waals surface area (Å²) in [6.07, 6.45) is 3.39. The molecule has 0 fully saturated rings. The Morgan fingerprint density at radius 1 is 1.33 bits per heavy atom. The summed E-state index contributed by atoms with van der Waals surface area (Å²) in [4.78, 5) is 0. The molecule has 0 saturated heterocycles. The van der Waals surface area contributed by atoms with Crippen molar-refractivity contribution < 1.29 is 0 Å². The molecule has 0 saturated carbocycles. The number of halogens is 1. The Morgan fingerprint density at radius 3 is 2.75 bits per heavy atom. The fourth-order valence-electron chi connectivity index (χ4n) is 1.90. The lowest BCUT2D eigenvalue weighted by molar-refractivity contribution is 0.912. The van der Waals surface area contributed by atoms with Crippen LogP contribution in [0.25, 0.3) is 0 Å². The van der Waals surface area contributed by atoms with Gasteiger partial charge in [0.1, 0.15) is 0 Å². The van der Waals surface area contributed by atoms with Gasteiger partial charge in [-0.25, -0.2) is 0 Å². The summed E-state index contributed by atoms with van der Waals surface area (Å²) in [7, 11) is 0. The zero-order chi connectivity index (χ0) is 8.72. The Kier molecular flexibility index (Phi) is 1.76. The first kappa shape index (κ1) is 7.93. The lowest BCUT2D eigenvalue weighted by Crippen LogP contribution is -1.97. The Bertz CT molecular complexity index is 331. The molecular weight excluding hydrogens is 170 g/mol. The number of anilines is 1. The van der Waals surface area contributed by atoms with Gasteiger partial charge in [0.15, 0.2) is 0 Å². The van der Waals surface area contributed by atoms with Gasteiger partial charge in [0.25, 0.3) is 0 Å². The number of nitrogen functional groups attached to an aromatic ring is 1. The van der Waals surface area contributed by atoms with Crippen molar-refractivity contribution >= 4 is 17.3 Å². The van der Waals surface area contributed by atoms with Gasteiger partial charge in [-0.05, 0) is 48.9 Å². The Hall–Kier alpha value is -0.690. The first-order chi connectivity index (χ1) is 5.70. The van der Waals surface area contributed by atoms with Gasteiger partial charge in [0.2, 0.25) is 0 Å². The van der Waals surface area contributed by atoms with Gasteiger partial charge in [-0.2, -0.15) is 0 Å². The van der Waals surface area contributed by atoms with Crippen molar-refractivity contribution in [3.05, 3.63) is 27.8 Å². The molecule has 2 heteroatoms. The number of benzene rings is 1. The SMILES string of the molecule is Cc1cc(Cl)c2c(c1N)CCC2. The number of hydrogen-bond donors (Lipinski definition) is 1. The molecule has 1 aromatic rings. The topological polar surface area (TPSA) is 26.0 Å². The average Bonchev–Trinajstić information content (AvgIpc) is 2.48. The zero-order valence-corrected chi connectivity index (χ0v) is 7.91.